The molecule has 10 heteroatoms. The molecule has 0 unspecified atom stereocenters. The number of aromatic nitrogens is 4. The summed E-state index contributed by atoms with van der Waals surface area (Å²) in [5.41, 5.74) is 0.670. The van der Waals surface area contributed by atoms with Gasteiger partial charge in [-0.3, -0.25) is 9.40 Å². The van der Waals surface area contributed by atoms with Gasteiger partial charge in [0.15, 0.2) is 11.0 Å². The van der Waals surface area contributed by atoms with Gasteiger partial charge < -0.3 is 4.74 Å². The molecule has 0 saturated heterocycles. The summed E-state index contributed by atoms with van der Waals surface area (Å²) >= 11 is 3.42. The maximum absolute atomic E-state index is 11.6. The Labute approximate surface area is 137 Å². The predicted octanol–water partition coefficient (Wildman–Crippen LogP) is 2.42. The molecule has 0 aliphatic rings. The van der Waals surface area contributed by atoms with Crippen LogP contribution in [0.4, 0.5) is 0 Å². The normalized spacial score (nSPS) is 10.5. The molecule has 0 radical (unpaired) electrons. The van der Waals surface area contributed by atoms with Gasteiger partial charge in [0.25, 0.3) is 0 Å². The zero-order valence-corrected chi connectivity index (χ0v) is 13.2. The van der Waals surface area contributed by atoms with Crippen molar-refractivity contribution in [3.05, 3.63) is 45.8 Å². The second-order valence-electron chi connectivity index (χ2n) is 4.28. The minimum Gasteiger partial charge on any atom is -0.480 e. The van der Waals surface area contributed by atoms with Crippen LogP contribution in [0.25, 0.3) is 16.9 Å². The Hall–Kier alpha value is -2.88. The molecule has 9 nitrogen and oxygen atoms in total. The molecule has 0 amide bonds. The Kier molecular flexibility index (Phi) is 3.98. The van der Waals surface area contributed by atoms with E-state index >= 15 is 0 Å². The van der Waals surface area contributed by atoms with Crippen LogP contribution in [-0.2, 0) is 4.84 Å². The molecule has 0 bridgehead atoms. The Bertz CT molecular complexity index is 911. The molecule has 3 heterocycles. The van der Waals surface area contributed by atoms with Crippen molar-refractivity contribution >= 4 is 32.9 Å². The number of carbonyl (C=O) groups excluding carboxylic acids is 1. The molecule has 3 aromatic rings. The lowest BCUT2D eigenvalue weighted by Gasteiger charge is -2.05. The molecule has 3 aromatic heterocycles. The first-order valence-corrected chi connectivity index (χ1v) is 7.01. The van der Waals surface area contributed by atoms with Crippen LogP contribution < -0.4 is 4.74 Å². The molecule has 3 rings (SSSR count). The van der Waals surface area contributed by atoms with E-state index in [9.17, 15) is 9.70 Å². The van der Waals surface area contributed by atoms with E-state index in [1.165, 1.54) is 31.8 Å². The van der Waals surface area contributed by atoms with Crippen molar-refractivity contribution in [2.45, 2.75) is 0 Å². The maximum Gasteiger partial charge on any atom is 0.369 e. The van der Waals surface area contributed by atoms with Crippen molar-refractivity contribution in [2.24, 2.45) is 5.34 Å². The Morgan fingerprint density at radius 2 is 2.17 bits per heavy atom. The number of ether oxygens (including phenoxy) is 1. The van der Waals surface area contributed by atoms with Crippen molar-refractivity contribution in [2.75, 3.05) is 7.11 Å². The highest BCUT2D eigenvalue weighted by molar-refractivity contribution is 9.10. The van der Waals surface area contributed by atoms with Gasteiger partial charge in [-0.15, -0.1) is 4.91 Å². The third-order valence-electron chi connectivity index (χ3n) is 3.04. The first-order chi connectivity index (χ1) is 11.2. The van der Waals surface area contributed by atoms with Crippen LogP contribution in [0.5, 0.6) is 5.88 Å². The van der Waals surface area contributed by atoms with Crippen LogP contribution in [0.2, 0.25) is 0 Å². The minimum absolute atomic E-state index is 0.133. The van der Waals surface area contributed by atoms with Crippen LogP contribution >= 0.6 is 15.9 Å². The average Bonchev–Trinajstić information content (AvgIpc) is 2.92. The lowest BCUT2D eigenvalue weighted by Crippen LogP contribution is -2.04. The topological polar surface area (TPSA) is 109 Å². The van der Waals surface area contributed by atoms with Gasteiger partial charge in [-0.25, -0.2) is 19.7 Å². The van der Waals surface area contributed by atoms with Gasteiger partial charge in [-0.05, 0) is 28.1 Å². The van der Waals surface area contributed by atoms with E-state index in [2.05, 4.69) is 41.1 Å². The number of hydrogen-bond acceptors (Lipinski definition) is 8. The lowest BCUT2D eigenvalue weighted by atomic mass is 10.2. The molecule has 0 aromatic carbocycles. The SMILES string of the molecule is COc1ncnc2c1c(Br)cn2-c1cc(C(=O)ON=O)ccn1. The molecular weight excluding hydrogens is 370 g/mol. The molecule has 0 spiro atoms. The zero-order valence-electron chi connectivity index (χ0n) is 11.6. The smallest absolute Gasteiger partial charge is 0.369 e. The number of hydrogen-bond donors (Lipinski definition) is 0. The van der Waals surface area contributed by atoms with E-state index in [-0.39, 0.29) is 5.56 Å². The molecule has 0 fully saturated rings. The van der Waals surface area contributed by atoms with Crippen LogP contribution in [0.3, 0.4) is 0 Å². The minimum atomic E-state index is -0.869. The highest BCUT2D eigenvalue weighted by atomic mass is 79.9. The molecule has 0 atom stereocenters. The molecule has 116 valence electrons. The fourth-order valence-corrected chi connectivity index (χ4v) is 2.64. The first kappa shape index (κ1) is 15.0. The lowest BCUT2D eigenvalue weighted by molar-refractivity contribution is 0.0508. The maximum atomic E-state index is 11.6. The highest BCUT2D eigenvalue weighted by Gasteiger charge is 2.17. The fraction of sp³-hybridized carbons (Fsp3) is 0.0769. The van der Waals surface area contributed by atoms with Gasteiger partial charge in [0.1, 0.15) is 12.1 Å². The van der Waals surface area contributed by atoms with Crippen LogP contribution in [-0.4, -0.2) is 32.6 Å². The van der Waals surface area contributed by atoms with Gasteiger partial charge in [0.05, 0.1) is 22.5 Å². The third kappa shape index (κ3) is 2.63. The quantitative estimate of drug-likeness (QED) is 0.507. The second kappa shape index (κ2) is 6.08. The molecule has 23 heavy (non-hydrogen) atoms. The summed E-state index contributed by atoms with van der Waals surface area (Å²) in [5.74, 6) is -0.0606. The van der Waals surface area contributed by atoms with E-state index < -0.39 is 5.97 Å². The molecule has 0 aliphatic heterocycles. The van der Waals surface area contributed by atoms with Gasteiger partial charge >= 0.3 is 5.97 Å². The predicted molar refractivity (Wildman–Crippen MR) is 82.1 cm³/mol. The summed E-state index contributed by atoms with van der Waals surface area (Å²) in [6.45, 7) is 0. The van der Waals surface area contributed by atoms with Crippen LogP contribution in [0.1, 0.15) is 10.4 Å². The van der Waals surface area contributed by atoms with E-state index in [4.69, 9.17) is 4.74 Å². The summed E-state index contributed by atoms with van der Waals surface area (Å²) in [6, 6.07) is 2.86. The van der Waals surface area contributed by atoms with E-state index in [0.717, 1.165) is 0 Å². The van der Waals surface area contributed by atoms with Crippen molar-refractivity contribution in [3.8, 4) is 11.7 Å². The monoisotopic (exact) mass is 377 g/mol. The summed E-state index contributed by atoms with van der Waals surface area (Å²) in [6.07, 6.45) is 4.49. The van der Waals surface area contributed by atoms with Gasteiger partial charge in [-0.2, -0.15) is 0 Å². The van der Waals surface area contributed by atoms with E-state index in [1.807, 2.05) is 0 Å². The van der Waals surface area contributed by atoms with Crippen molar-refractivity contribution in [1.29, 1.82) is 0 Å². The summed E-state index contributed by atoms with van der Waals surface area (Å²) in [4.78, 5) is 38.2. The van der Waals surface area contributed by atoms with Gasteiger partial charge in [-0.1, -0.05) is 0 Å². The Morgan fingerprint density at radius 1 is 1.35 bits per heavy atom. The standard InChI is InChI=1S/C13H8BrN5O4/c1-22-12-10-8(14)5-19(11(10)16-6-17-12)9-4-7(2-3-15-9)13(20)23-18-21/h2-6H,1H3. The van der Waals surface area contributed by atoms with Gasteiger partial charge in [0, 0.05) is 12.4 Å². The number of methoxy groups -OCH3 is 1. The van der Waals surface area contributed by atoms with E-state index in [0.29, 0.717) is 27.2 Å². The van der Waals surface area contributed by atoms with Crippen molar-refractivity contribution in [1.82, 2.24) is 19.5 Å². The fourth-order valence-electron chi connectivity index (χ4n) is 2.08. The molecule has 0 saturated carbocycles. The van der Waals surface area contributed by atoms with Crippen LogP contribution in [0, 0.1) is 4.91 Å². The largest absolute Gasteiger partial charge is 0.480 e. The Morgan fingerprint density at radius 3 is 2.91 bits per heavy atom. The number of fused-ring (bicyclic) bond motifs is 1. The average molecular weight is 378 g/mol. The van der Waals surface area contributed by atoms with Crippen molar-refractivity contribution < 1.29 is 14.4 Å². The molecular formula is C13H8BrN5O4. The summed E-state index contributed by atoms with van der Waals surface area (Å²) in [7, 11) is 1.51. The molecule has 0 N–H and O–H groups in total. The number of pyridine rings is 1. The number of carbonyl (C=O) groups is 1. The second-order valence-corrected chi connectivity index (χ2v) is 5.14. The Balaban J connectivity index is 2.16. The summed E-state index contributed by atoms with van der Waals surface area (Å²) < 4.78 is 7.57. The first-order valence-electron chi connectivity index (χ1n) is 6.21. The van der Waals surface area contributed by atoms with E-state index in [1.54, 1.807) is 10.8 Å². The zero-order chi connectivity index (χ0) is 16.4. The van der Waals surface area contributed by atoms with Gasteiger partial charge in [0.2, 0.25) is 5.88 Å². The van der Waals surface area contributed by atoms with Crippen LogP contribution in [0.15, 0.2) is 40.7 Å². The number of nitrogens with zero attached hydrogens (tertiary/aromatic N) is 5. The third-order valence-corrected chi connectivity index (χ3v) is 3.64. The number of halogens is 1. The summed E-state index contributed by atoms with van der Waals surface area (Å²) in [5, 5.41) is 2.79. The molecule has 0 aliphatic carbocycles. The van der Waals surface area contributed by atoms with Crippen molar-refractivity contribution in [3.63, 3.8) is 0 Å². The highest BCUT2D eigenvalue weighted by Crippen LogP contribution is 2.32. The number of rotatable bonds is 4.